The largest absolute Gasteiger partial charge is 0.417 e. The number of fused-ring (bicyclic) bond motifs is 1. The molecule has 2 aromatic rings. The lowest BCUT2D eigenvalue weighted by Gasteiger charge is -2.33. The van der Waals surface area contributed by atoms with E-state index >= 15 is 0 Å². The Kier molecular flexibility index (Phi) is 5.27. The summed E-state index contributed by atoms with van der Waals surface area (Å²) in [5.74, 6) is -0.595. The first-order chi connectivity index (χ1) is 13.8. The van der Waals surface area contributed by atoms with Crippen LogP contribution in [0.15, 0.2) is 10.6 Å². The summed E-state index contributed by atoms with van der Waals surface area (Å²) >= 11 is 0. The molecule has 0 saturated carbocycles. The number of alkyl halides is 3. The van der Waals surface area contributed by atoms with E-state index in [1.54, 1.807) is 18.7 Å². The molecule has 29 heavy (non-hydrogen) atoms. The molecule has 2 aromatic heterocycles. The maximum absolute atomic E-state index is 13.8. The van der Waals surface area contributed by atoms with Crippen molar-refractivity contribution in [3.05, 3.63) is 23.0 Å². The van der Waals surface area contributed by atoms with Gasteiger partial charge in [-0.25, -0.2) is 4.98 Å². The van der Waals surface area contributed by atoms with Crippen molar-refractivity contribution >= 4 is 17.0 Å². The number of hydrogen-bond acceptors (Lipinski definition) is 5. The van der Waals surface area contributed by atoms with Crippen molar-refractivity contribution in [2.24, 2.45) is 0 Å². The van der Waals surface area contributed by atoms with Gasteiger partial charge in [-0.2, -0.15) is 13.2 Å². The van der Waals surface area contributed by atoms with Gasteiger partial charge in [0, 0.05) is 31.3 Å². The van der Waals surface area contributed by atoms with Crippen LogP contribution in [0.5, 0.6) is 0 Å². The van der Waals surface area contributed by atoms with Crippen molar-refractivity contribution in [1.29, 1.82) is 0 Å². The van der Waals surface area contributed by atoms with E-state index in [0.29, 0.717) is 44.7 Å². The molecule has 2 aliphatic rings. The SMILES string of the molecule is CC(C)c1cc(C(F)(F)F)c2c([C@H]3CCCN(C(=O)[C@H]4CCCO4)C3)noc2n1. The van der Waals surface area contributed by atoms with E-state index in [1.807, 2.05) is 0 Å². The highest BCUT2D eigenvalue weighted by molar-refractivity contribution is 5.83. The number of hydrogen-bond donors (Lipinski definition) is 0. The van der Waals surface area contributed by atoms with E-state index < -0.39 is 17.8 Å². The van der Waals surface area contributed by atoms with Gasteiger partial charge in [0.2, 0.25) is 0 Å². The molecule has 4 rings (SSSR count). The lowest BCUT2D eigenvalue weighted by atomic mass is 9.91. The number of piperidine rings is 1. The molecule has 6 nitrogen and oxygen atoms in total. The van der Waals surface area contributed by atoms with Gasteiger partial charge in [0.05, 0.1) is 16.6 Å². The second-order valence-corrected chi connectivity index (χ2v) is 8.12. The van der Waals surface area contributed by atoms with Gasteiger partial charge in [-0.1, -0.05) is 19.0 Å². The third kappa shape index (κ3) is 3.84. The number of rotatable bonds is 3. The number of amides is 1. The van der Waals surface area contributed by atoms with Crippen LogP contribution in [0.3, 0.4) is 0 Å². The van der Waals surface area contributed by atoms with Crippen molar-refractivity contribution in [3.8, 4) is 0 Å². The Balaban J connectivity index is 1.69. The lowest BCUT2D eigenvalue weighted by molar-refractivity contribution is -0.142. The predicted octanol–water partition coefficient (Wildman–Crippen LogP) is 4.25. The van der Waals surface area contributed by atoms with Gasteiger partial charge >= 0.3 is 6.18 Å². The van der Waals surface area contributed by atoms with Crippen molar-refractivity contribution in [2.75, 3.05) is 19.7 Å². The zero-order chi connectivity index (χ0) is 20.8. The number of halogens is 3. The maximum Gasteiger partial charge on any atom is 0.417 e. The first-order valence-electron chi connectivity index (χ1n) is 10.0. The second-order valence-electron chi connectivity index (χ2n) is 8.12. The molecule has 2 fully saturated rings. The highest BCUT2D eigenvalue weighted by Gasteiger charge is 2.39. The molecule has 2 atom stereocenters. The van der Waals surface area contributed by atoms with Crippen molar-refractivity contribution in [2.45, 2.75) is 63.6 Å². The van der Waals surface area contributed by atoms with E-state index in [0.717, 1.165) is 12.5 Å². The zero-order valence-corrected chi connectivity index (χ0v) is 16.5. The summed E-state index contributed by atoms with van der Waals surface area (Å²) in [6.45, 7) is 5.01. The average Bonchev–Trinajstić information content (AvgIpc) is 3.35. The number of carbonyl (C=O) groups excluding carboxylic acids is 1. The average molecular weight is 411 g/mol. The minimum atomic E-state index is -4.55. The maximum atomic E-state index is 13.8. The van der Waals surface area contributed by atoms with Gasteiger partial charge in [-0.3, -0.25) is 4.79 Å². The Bertz CT molecular complexity index is 903. The fourth-order valence-corrected chi connectivity index (χ4v) is 4.17. The normalized spacial score (nSPS) is 23.3. The molecule has 0 N–H and O–H groups in total. The second kappa shape index (κ2) is 7.59. The van der Waals surface area contributed by atoms with E-state index in [-0.39, 0.29) is 34.5 Å². The van der Waals surface area contributed by atoms with Crippen LogP contribution in [0.2, 0.25) is 0 Å². The molecule has 0 unspecified atom stereocenters. The number of aromatic nitrogens is 2. The quantitative estimate of drug-likeness (QED) is 0.755. The third-order valence-electron chi connectivity index (χ3n) is 5.71. The summed E-state index contributed by atoms with van der Waals surface area (Å²) in [7, 11) is 0. The number of ether oxygens (including phenoxy) is 1. The predicted molar refractivity (Wildman–Crippen MR) is 98.4 cm³/mol. The first kappa shape index (κ1) is 20.1. The zero-order valence-electron chi connectivity index (χ0n) is 16.5. The summed E-state index contributed by atoms with van der Waals surface area (Å²) in [5, 5.41) is 3.89. The van der Waals surface area contributed by atoms with Crippen LogP contribution in [0.4, 0.5) is 13.2 Å². The molecule has 2 saturated heterocycles. The van der Waals surface area contributed by atoms with Crippen LogP contribution in [-0.4, -0.2) is 46.7 Å². The topological polar surface area (TPSA) is 68.5 Å². The molecule has 4 heterocycles. The molecule has 0 aliphatic carbocycles. The summed E-state index contributed by atoms with van der Waals surface area (Å²) in [6.07, 6.45) is -2.12. The molecule has 158 valence electrons. The summed E-state index contributed by atoms with van der Waals surface area (Å²) < 4.78 is 52.2. The molecular weight excluding hydrogens is 387 g/mol. The number of carbonyl (C=O) groups is 1. The van der Waals surface area contributed by atoms with Gasteiger partial charge in [-0.15, -0.1) is 0 Å². The van der Waals surface area contributed by atoms with Gasteiger partial charge in [0.1, 0.15) is 6.10 Å². The van der Waals surface area contributed by atoms with E-state index in [2.05, 4.69) is 10.1 Å². The standard InChI is InChI=1S/C20H24F3N3O3/c1-11(2)14-9-13(20(21,22)23)16-17(25-29-18(16)24-14)12-5-3-7-26(10-12)19(27)15-6-4-8-28-15/h9,11-12,15H,3-8,10H2,1-2H3/t12-,15+/m0/s1. The number of nitrogens with zero attached hydrogens (tertiary/aromatic N) is 3. The number of pyridine rings is 1. The van der Waals surface area contributed by atoms with Gasteiger partial charge in [0.15, 0.2) is 0 Å². The van der Waals surface area contributed by atoms with Crippen LogP contribution in [0.1, 0.15) is 68.3 Å². The minimum Gasteiger partial charge on any atom is -0.368 e. The molecular formula is C20H24F3N3O3. The lowest BCUT2D eigenvalue weighted by Crippen LogP contribution is -2.44. The van der Waals surface area contributed by atoms with Crippen molar-refractivity contribution in [3.63, 3.8) is 0 Å². The third-order valence-corrected chi connectivity index (χ3v) is 5.71. The fourth-order valence-electron chi connectivity index (χ4n) is 4.17. The molecule has 2 aliphatic heterocycles. The highest BCUT2D eigenvalue weighted by Crippen LogP contribution is 2.40. The fraction of sp³-hybridized carbons (Fsp3) is 0.650. The smallest absolute Gasteiger partial charge is 0.368 e. The van der Waals surface area contributed by atoms with E-state index in [1.165, 1.54) is 0 Å². The molecule has 0 spiro atoms. The summed E-state index contributed by atoms with van der Waals surface area (Å²) in [5.41, 5.74) is -0.322. The van der Waals surface area contributed by atoms with Crippen LogP contribution in [0.25, 0.3) is 11.1 Å². The molecule has 0 bridgehead atoms. The van der Waals surface area contributed by atoms with E-state index in [9.17, 15) is 18.0 Å². The Labute approximate surface area is 166 Å². The number of likely N-dealkylation sites (tertiary alicyclic amines) is 1. The van der Waals surface area contributed by atoms with Gasteiger partial charge in [0.25, 0.3) is 11.6 Å². The first-order valence-corrected chi connectivity index (χ1v) is 10.0. The van der Waals surface area contributed by atoms with Crippen LogP contribution >= 0.6 is 0 Å². The Morgan fingerprint density at radius 3 is 2.72 bits per heavy atom. The molecule has 9 heteroatoms. The van der Waals surface area contributed by atoms with Gasteiger partial charge < -0.3 is 14.2 Å². The van der Waals surface area contributed by atoms with Crippen molar-refractivity contribution < 1.29 is 27.2 Å². The van der Waals surface area contributed by atoms with E-state index in [4.69, 9.17) is 9.26 Å². The minimum absolute atomic E-state index is 0.0849. The monoisotopic (exact) mass is 411 g/mol. The van der Waals surface area contributed by atoms with Gasteiger partial charge in [-0.05, 0) is 37.7 Å². The Morgan fingerprint density at radius 2 is 2.07 bits per heavy atom. The van der Waals surface area contributed by atoms with Crippen LogP contribution in [-0.2, 0) is 15.7 Å². The molecule has 0 aromatic carbocycles. The molecule has 1 amide bonds. The highest BCUT2D eigenvalue weighted by atomic mass is 19.4. The van der Waals surface area contributed by atoms with Crippen molar-refractivity contribution in [1.82, 2.24) is 15.0 Å². The summed E-state index contributed by atoms with van der Waals surface area (Å²) in [4.78, 5) is 18.6. The Morgan fingerprint density at radius 1 is 1.28 bits per heavy atom. The van der Waals surface area contributed by atoms with Crippen LogP contribution in [0, 0.1) is 0 Å². The molecule has 0 radical (unpaired) electrons. The summed E-state index contributed by atoms with van der Waals surface area (Å²) in [6, 6.07) is 1.09. The van der Waals surface area contributed by atoms with Crippen LogP contribution < -0.4 is 0 Å². The Hall–Kier alpha value is -2.16.